The molecule has 0 saturated heterocycles. The van der Waals surface area contributed by atoms with E-state index in [-0.39, 0.29) is 18.1 Å². The van der Waals surface area contributed by atoms with Gasteiger partial charge in [-0.25, -0.2) is 0 Å². The Morgan fingerprint density at radius 3 is 2.38 bits per heavy atom. The van der Waals surface area contributed by atoms with Crippen molar-refractivity contribution in [1.29, 1.82) is 0 Å². The van der Waals surface area contributed by atoms with Gasteiger partial charge in [0.05, 0.1) is 6.07 Å². The minimum absolute atomic E-state index is 0.0691. The van der Waals surface area contributed by atoms with Gasteiger partial charge in [-0.15, -0.1) is 13.2 Å². The lowest BCUT2D eigenvalue weighted by Gasteiger charge is -2.16. The zero-order valence-electron chi connectivity index (χ0n) is 12.2. The van der Waals surface area contributed by atoms with Gasteiger partial charge in [0, 0.05) is 13.6 Å². The number of benzene rings is 1. The van der Waals surface area contributed by atoms with Crippen molar-refractivity contribution in [2.75, 3.05) is 7.05 Å². The molecule has 24 heavy (non-hydrogen) atoms. The highest BCUT2D eigenvalue weighted by Crippen LogP contribution is 2.23. The lowest BCUT2D eigenvalue weighted by molar-refractivity contribution is -0.402. The van der Waals surface area contributed by atoms with Crippen LogP contribution in [0.2, 0.25) is 0 Å². The van der Waals surface area contributed by atoms with Crippen LogP contribution in [0.4, 0.5) is 19.1 Å². The Labute approximate surface area is 133 Å². The van der Waals surface area contributed by atoms with Crippen LogP contribution in [0.15, 0.2) is 40.8 Å². The SMILES string of the molecule is CN(Cc1ccc(OC(F)(F)F)cc1)C(=O)c1ccc([N+](=O)[O-])o1. The first-order valence-corrected chi connectivity index (χ1v) is 6.50. The molecule has 10 heteroatoms. The molecule has 1 aromatic heterocycles. The second kappa shape index (κ2) is 6.60. The van der Waals surface area contributed by atoms with Crippen molar-refractivity contribution >= 4 is 11.8 Å². The summed E-state index contributed by atoms with van der Waals surface area (Å²) >= 11 is 0. The van der Waals surface area contributed by atoms with Gasteiger partial charge in [0.1, 0.15) is 10.7 Å². The predicted molar refractivity (Wildman–Crippen MR) is 74.3 cm³/mol. The number of hydrogen-bond acceptors (Lipinski definition) is 5. The van der Waals surface area contributed by atoms with E-state index >= 15 is 0 Å². The number of rotatable bonds is 5. The first kappa shape index (κ1) is 17.3. The second-order valence-corrected chi connectivity index (χ2v) is 4.75. The van der Waals surface area contributed by atoms with E-state index in [0.29, 0.717) is 5.56 Å². The fourth-order valence-corrected chi connectivity index (χ4v) is 1.87. The van der Waals surface area contributed by atoms with E-state index in [4.69, 9.17) is 4.42 Å². The Bertz CT molecular complexity index is 740. The zero-order valence-corrected chi connectivity index (χ0v) is 12.2. The van der Waals surface area contributed by atoms with Gasteiger partial charge in [-0.1, -0.05) is 12.1 Å². The predicted octanol–water partition coefficient (Wildman–Crippen LogP) is 3.36. The molecule has 2 rings (SSSR count). The van der Waals surface area contributed by atoms with Crippen LogP contribution in [0.25, 0.3) is 0 Å². The molecule has 0 atom stereocenters. The van der Waals surface area contributed by atoms with Crippen molar-refractivity contribution in [1.82, 2.24) is 4.90 Å². The Morgan fingerprint density at radius 1 is 1.25 bits per heavy atom. The van der Waals surface area contributed by atoms with Crippen LogP contribution in [0.1, 0.15) is 16.1 Å². The minimum atomic E-state index is -4.78. The van der Waals surface area contributed by atoms with Crippen LogP contribution in [0.3, 0.4) is 0 Å². The third-order valence-corrected chi connectivity index (χ3v) is 2.91. The first-order valence-electron chi connectivity index (χ1n) is 6.50. The minimum Gasteiger partial charge on any atom is -0.406 e. The number of ether oxygens (including phenoxy) is 1. The molecule has 0 N–H and O–H groups in total. The third kappa shape index (κ3) is 4.48. The van der Waals surface area contributed by atoms with Crippen molar-refractivity contribution in [2.24, 2.45) is 0 Å². The van der Waals surface area contributed by atoms with E-state index in [1.807, 2.05) is 0 Å². The number of carbonyl (C=O) groups is 1. The van der Waals surface area contributed by atoms with E-state index in [0.717, 1.165) is 18.2 Å². The van der Waals surface area contributed by atoms with E-state index in [1.54, 1.807) is 0 Å². The largest absolute Gasteiger partial charge is 0.573 e. The van der Waals surface area contributed by atoms with E-state index in [2.05, 4.69) is 4.74 Å². The molecule has 2 aromatic rings. The summed E-state index contributed by atoms with van der Waals surface area (Å²) in [6.45, 7) is 0.0691. The Hall–Kier alpha value is -3.04. The summed E-state index contributed by atoms with van der Waals surface area (Å²) in [6, 6.07) is 7.23. The number of nitro groups is 1. The van der Waals surface area contributed by atoms with Crippen LogP contribution in [-0.4, -0.2) is 29.1 Å². The maximum atomic E-state index is 12.1. The summed E-state index contributed by atoms with van der Waals surface area (Å²) < 4.78 is 44.8. The Balaban J connectivity index is 2.01. The summed E-state index contributed by atoms with van der Waals surface area (Å²) in [6.07, 6.45) is -4.78. The molecule has 1 aromatic carbocycles. The van der Waals surface area contributed by atoms with E-state index in [1.165, 1.54) is 30.1 Å². The van der Waals surface area contributed by atoms with Crippen LogP contribution in [0.5, 0.6) is 5.75 Å². The summed E-state index contributed by atoms with van der Waals surface area (Å²) in [5, 5.41) is 10.5. The van der Waals surface area contributed by atoms with Crippen LogP contribution in [-0.2, 0) is 6.54 Å². The highest BCUT2D eigenvalue weighted by molar-refractivity contribution is 5.91. The average molecular weight is 344 g/mol. The number of halogens is 3. The topological polar surface area (TPSA) is 85.8 Å². The summed E-state index contributed by atoms with van der Waals surface area (Å²) in [4.78, 5) is 23.0. The monoisotopic (exact) mass is 344 g/mol. The van der Waals surface area contributed by atoms with E-state index in [9.17, 15) is 28.1 Å². The molecule has 1 amide bonds. The highest BCUT2D eigenvalue weighted by Gasteiger charge is 2.31. The number of furan rings is 1. The Kier molecular flexibility index (Phi) is 4.77. The molecule has 0 aliphatic carbocycles. The molecule has 0 fully saturated rings. The smallest absolute Gasteiger partial charge is 0.406 e. The van der Waals surface area contributed by atoms with Gasteiger partial charge in [-0.2, -0.15) is 0 Å². The molecule has 0 bridgehead atoms. The normalized spacial score (nSPS) is 11.2. The van der Waals surface area contributed by atoms with Crippen molar-refractivity contribution in [3.63, 3.8) is 0 Å². The zero-order chi connectivity index (χ0) is 17.9. The average Bonchev–Trinajstić information content (AvgIpc) is 2.97. The summed E-state index contributed by atoms with van der Waals surface area (Å²) in [5.41, 5.74) is 0.543. The second-order valence-electron chi connectivity index (χ2n) is 4.75. The fourth-order valence-electron chi connectivity index (χ4n) is 1.87. The van der Waals surface area contributed by atoms with Crippen molar-refractivity contribution in [2.45, 2.75) is 12.9 Å². The Morgan fingerprint density at radius 2 is 1.88 bits per heavy atom. The molecule has 0 aliphatic rings. The quantitative estimate of drug-likeness (QED) is 0.613. The highest BCUT2D eigenvalue weighted by atomic mass is 19.4. The van der Waals surface area contributed by atoms with Crippen molar-refractivity contribution in [3.05, 3.63) is 57.8 Å². The number of carbonyl (C=O) groups excluding carboxylic acids is 1. The van der Waals surface area contributed by atoms with Gasteiger partial charge in [0.2, 0.25) is 0 Å². The fraction of sp³-hybridized carbons (Fsp3) is 0.214. The first-order chi connectivity index (χ1) is 11.2. The molecule has 0 aliphatic heterocycles. The summed E-state index contributed by atoms with van der Waals surface area (Å²) in [7, 11) is 1.43. The van der Waals surface area contributed by atoms with Crippen molar-refractivity contribution in [3.8, 4) is 5.75 Å². The molecular formula is C14H11F3N2O5. The molecule has 7 nitrogen and oxygen atoms in total. The van der Waals surface area contributed by atoms with Crippen molar-refractivity contribution < 1.29 is 32.0 Å². The van der Waals surface area contributed by atoms with Gasteiger partial charge in [0.25, 0.3) is 5.91 Å². The lowest BCUT2D eigenvalue weighted by atomic mass is 10.2. The van der Waals surface area contributed by atoms with Gasteiger partial charge < -0.3 is 14.1 Å². The van der Waals surface area contributed by atoms with Gasteiger partial charge >= 0.3 is 12.2 Å². The van der Waals surface area contributed by atoms with Gasteiger partial charge in [0.15, 0.2) is 5.76 Å². The van der Waals surface area contributed by atoms with Crippen LogP contribution in [0, 0.1) is 10.1 Å². The maximum absolute atomic E-state index is 12.1. The molecule has 0 spiro atoms. The molecular weight excluding hydrogens is 333 g/mol. The van der Waals surface area contributed by atoms with Gasteiger partial charge in [-0.05, 0) is 23.8 Å². The molecule has 0 saturated carbocycles. The molecule has 128 valence electrons. The number of nitrogens with zero attached hydrogens (tertiary/aromatic N) is 2. The maximum Gasteiger partial charge on any atom is 0.573 e. The number of alkyl halides is 3. The standard InChI is InChI=1S/C14H11F3N2O5/c1-18(13(20)11-6-7-12(23-11)19(21)22)8-9-2-4-10(5-3-9)24-14(15,16)17/h2-7H,8H2,1H3. The van der Waals surface area contributed by atoms with E-state index < -0.39 is 23.1 Å². The van der Waals surface area contributed by atoms with Crippen LogP contribution < -0.4 is 4.74 Å². The number of hydrogen-bond donors (Lipinski definition) is 0. The lowest BCUT2D eigenvalue weighted by Crippen LogP contribution is -2.25. The summed E-state index contributed by atoms with van der Waals surface area (Å²) in [5.74, 6) is -1.73. The van der Waals surface area contributed by atoms with Crippen LogP contribution >= 0.6 is 0 Å². The third-order valence-electron chi connectivity index (χ3n) is 2.91. The molecule has 1 heterocycles. The van der Waals surface area contributed by atoms with Gasteiger partial charge in [-0.3, -0.25) is 14.9 Å². The molecule has 0 radical (unpaired) electrons. The molecule has 0 unspecified atom stereocenters. The number of amides is 1.